The number of carbonyl (C=O) groups excluding carboxylic acids is 2. The molecule has 1 aromatic heterocycles. The molecule has 2 amide bonds. The van der Waals surface area contributed by atoms with Crippen molar-refractivity contribution >= 4 is 11.8 Å². The summed E-state index contributed by atoms with van der Waals surface area (Å²) in [5, 5.41) is 20.5. The van der Waals surface area contributed by atoms with E-state index in [1.54, 1.807) is 24.5 Å². The summed E-state index contributed by atoms with van der Waals surface area (Å²) in [5.74, 6) is 0.157. The van der Waals surface area contributed by atoms with Crippen LogP contribution in [0.15, 0.2) is 95.6 Å². The molecule has 3 aromatic carbocycles. The Hall–Kier alpha value is -4.20. The first-order chi connectivity index (χ1) is 19.7. The van der Waals surface area contributed by atoms with Crippen molar-refractivity contribution in [3.63, 3.8) is 0 Å². The minimum absolute atomic E-state index is 0.104. The Labute approximate surface area is 242 Å². The summed E-state index contributed by atoms with van der Waals surface area (Å²) in [5.41, 5.74) is 4.70. The fourth-order valence-electron chi connectivity index (χ4n) is 4.74. The van der Waals surface area contributed by atoms with Gasteiger partial charge in [-0.3, -0.25) is 9.59 Å². The van der Waals surface area contributed by atoms with Crippen molar-refractivity contribution in [3.8, 4) is 0 Å². The molecule has 4 atom stereocenters. The Bertz CT molecular complexity index is 1420. The molecule has 0 bridgehead atoms. The van der Waals surface area contributed by atoms with E-state index in [0.717, 1.165) is 28.0 Å². The Morgan fingerprint density at radius 3 is 2.07 bits per heavy atom. The number of nitrogens with one attached hydrogen (secondary N) is 3. The van der Waals surface area contributed by atoms with Gasteiger partial charge in [-0.15, -0.1) is 0 Å². The van der Waals surface area contributed by atoms with Crippen molar-refractivity contribution in [1.82, 2.24) is 16.0 Å². The summed E-state index contributed by atoms with van der Waals surface area (Å²) >= 11 is 0. The van der Waals surface area contributed by atoms with Crippen LogP contribution in [0.25, 0.3) is 0 Å². The highest BCUT2D eigenvalue weighted by molar-refractivity contribution is 6.00. The number of aryl methyl sites for hydroxylation is 2. The lowest BCUT2D eigenvalue weighted by Gasteiger charge is -2.26. The summed E-state index contributed by atoms with van der Waals surface area (Å²) < 4.78 is 5.45. The maximum atomic E-state index is 13.5. The van der Waals surface area contributed by atoms with Crippen molar-refractivity contribution in [2.45, 2.75) is 58.3 Å². The number of hydrogen-bond donors (Lipinski definition) is 4. The molecule has 1 unspecified atom stereocenters. The smallest absolute Gasteiger partial charge is 0.251 e. The van der Waals surface area contributed by atoms with E-state index in [2.05, 4.69) is 16.0 Å². The summed E-state index contributed by atoms with van der Waals surface area (Å²) in [4.78, 5) is 26.6. The van der Waals surface area contributed by atoms with Gasteiger partial charge in [-0.25, -0.2) is 0 Å². The van der Waals surface area contributed by atoms with Crippen molar-refractivity contribution in [2.75, 3.05) is 6.54 Å². The van der Waals surface area contributed by atoms with Crippen LogP contribution in [-0.4, -0.2) is 35.6 Å². The number of amides is 2. The molecule has 4 aromatic rings. The second kappa shape index (κ2) is 13.9. The largest absolute Gasteiger partial charge is 0.468 e. The molecular weight excluding hydrogens is 514 g/mol. The van der Waals surface area contributed by atoms with Gasteiger partial charge in [-0.2, -0.15) is 0 Å². The zero-order chi connectivity index (χ0) is 29.4. The topological polar surface area (TPSA) is 104 Å². The summed E-state index contributed by atoms with van der Waals surface area (Å²) in [6.07, 6.45) is 1.18. The van der Waals surface area contributed by atoms with Gasteiger partial charge >= 0.3 is 0 Å². The molecule has 0 saturated carbocycles. The fourth-order valence-corrected chi connectivity index (χ4v) is 4.74. The highest BCUT2D eigenvalue weighted by Gasteiger charge is 2.24. The van der Waals surface area contributed by atoms with E-state index in [0.29, 0.717) is 17.5 Å². The number of rotatable bonds is 12. The third kappa shape index (κ3) is 8.39. The third-order valence-electron chi connectivity index (χ3n) is 7.21. The molecule has 4 N–H and O–H groups in total. The number of benzene rings is 3. The SMILES string of the molecule is Cc1ccc([C@@H](C)NC(=O)c2cc(C)cc(C(=O)N[C@@H](Cc3ccccc3)[C@H](O)CNC(C)c3ccco3)c2)cc1. The fraction of sp³-hybridized carbons (Fsp3) is 0.294. The lowest BCUT2D eigenvalue weighted by Crippen LogP contribution is -2.49. The summed E-state index contributed by atoms with van der Waals surface area (Å²) in [6.45, 7) is 8.01. The van der Waals surface area contributed by atoms with E-state index >= 15 is 0 Å². The van der Waals surface area contributed by atoms with E-state index in [4.69, 9.17) is 4.42 Å². The maximum Gasteiger partial charge on any atom is 0.251 e. The minimum atomic E-state index is -0.875. The van der Waals surface area contributed by atoms with Crippen LogP contribution in [0.5, 0.6) is 0 Å². The van der Waals surface area contributed by atoms with Crippen LogP contribution in [0.1, 0.15) is 74.7 Å². The lowest BCUT2D eigenvalue weighted by atomic mass is 9.99. The van der Waals surface area contributed by atoms with Crippen LogP contribution in [0, 0.1) is 13.8 Å². The third-order valence-corrected chi connectivity index (χ3v) is 7.21. The van der Waals surface area contributed by atoms with Crippen LogP contribution in [0.4, 0.5) is 0 Å². The second-order valence-corrected chi connectivity index (χ2v) is 10.7. The first-order valence-corrected chi connectivity index (χ1v) is 14.0. The van der Waals surface area contributed by atoms with E-state index in [1.165, 1.54) is 0 Å². The molecule has 7 heteroatoms. The van der Waals surface area contributed by atoms with Crippen molar-refractivity contribution in [2.24, 2.45) is 0 Å². The molecule has 41 heavy (non-hydrogen) atoms. The molecule has 0 saturated heterocycles. The zero-order valence-corrected chi connectivity index (χ0v) is 24.1. The van der Waals surface area contributed by atoms with E-state index in [1.807, 2.05) is 94.4 Å². The van der Waals surface area contributed by atoms with Gasteiger partial charge in [0.2, 0.25) is 0 Å². The number of carbonyl (C=O) groups is 2. The Balaban J connectivity index is 1.47. The molecule has 0 aliphatic rings. The van der Waals surface area contributed by atoms with Crippen molar-refractivity contribution < 1.29 is 19.1 Å². The number of furan rings is 1. The van der Waals surface area contributed by atoms with Gasteiger partial charge < -0.3 is 25.5 Å². The highest BCUT2D eigenvalue weighted by Crippen LogP contribution is 2.17. The average molecular weight is 554 g/mol. The van der Waals surface area contributed by atoms with Gasteiger partial charge in [0.05, 0.1) is 30.5 Å². The van der Waals surface area contributed by atoms with Gasteiger partial charge in [0.15, 0.2) is 0 Å². The summed E-state index contributed by atoms with van der Waals surface area (Å²) in [6, 6.07) is 25.7. The van der Waals surface area contributed by atoms with Crippen LogP contribution >= 0.6 is 0 Å². The predicted octanol–water partition coefficient (Wildman–Crippen LogP) is 5.44. The molecule has 0 fully saturated rings. The molecule has 0 radical (unpaired) electrons. The molecule has 0 aliphatic heterocycles. The van der Waals surface area contributed by atoms with E-state index < -0.39 is 12.1 Å². The molecule has 0 spiro atoms. The zero-order valence-electron chi connectivity index (χ0n) is 24.1. The maximum absolute atomic E-state index is 13.5. The highest BCUT2D eigenvalue weighted by atomic mass is 16.3. The van der Waals surface area contributed by atoms with E-state index in [9.17, 15) is 14.7 Å². The Kier molecular flexibility index (Phi) is 10.1. The number of hydrogen-bond acceptors (Lipinski definition) is 5. The average Bonchev–Trinajstić information content (AvgIpc) is 3.51. The van der Waals surface area contributed by atoms with Crippen LogP contribution in [-0.2, 0) is 6.42 Å². The normalized spacial score (nSPS) is 14.1. The number of aliphatic hydroxyl groups excluding tert-OH is 1. The molecular formula is C34H39N3O4. The predicted molar refractivity (Wildman–Crippen MR) is 161 cm³/mol. The molecule has 214 valence electrons. The van der Waals surface area contributed by atoms with Crippen LogP contribution < -0.4 is 16.0 Å². The van der Waals surface area contributed by atoms with Crippen molar-refractivity contribution in [1.29, 1.82) is 0 Å². The van der Waals surface area contributed by atoms with E-state index in [-0.39, 0.29) is 30.4 Å². The first-order valence-electron chi connectivity index (χ1n) is 14.0. The molecule has 4 rings (SSSR count). The van der Waals surface area contributed by atoms with Gasteiger partial charge in [-0.1, -0.05) is 60.2 Å². The van der Waals surface area contributed by atoms with Gasteiger partial charge in [0.1, 0.15) is 5.76 Å². The lowest BCUT2D eigenvalue weighted by molar-refractivity contribution is 0.0824. The monoisotopic (exact) mass is 553 g/mol. The Morgan fingerprint density at radius 2 is 1.44 bits per heavy atom. The molecule has 1 heterocycles. The summed E-state index contributed by atoms with van der Waals surface area (Å²) in [7, 11) is 0. The number of aliphatic hydroxyl groups is 1. The van der Waals surface area contributed by atoms with Crippen LogP contribution in [0.3, 0.4) is 0 Å². The molecule has 0 aliphatic carbocycles. The van der Waals surface area contributed by atoms with Crippen LogP contribution in [0.2, 0.25) is 0 Å². The van der Waals surface area contributed by atoms with Crippen molar-refractivity contribution in [3.05, 3.63) is 130 Å². The molecule has 7 nitrogen and oxygen atoms in total. The second-order valence-electron chi connectivity index (χ2n) is 10.7. The quantitative estimate of drug-likeness (QED) is 0.187. The van der Waals surface area contributed by atoms with Gasteiger partial charge in [0.25, 0.3) is 11.8 Å². The first kappa shape index (κ1) is 29.8. The minimum Gasteiger partial charge on any atom is -0.468 e. The van der Waals surface area contributed by atoms with Gasteiger partial charge in [-0.05, 0) is 81.1 Å². The van der Waals surface area contributed by atoms with Gasteiger partial charge in [0, 0.05) is 17.7 Å². The Morgan fingerprint density at radius 1 is 0.780 bits per heavy atom. The standard InChI is InChI=1S/C34H39N3O4/c1-22-12-14-27(15-13-22)24(3)36-33(39)28-17-23(2)18-29(20-28)34(40)37-30(19-26-9-6-5-7-10-26)31(38)21-35-25(4)32-11-8-16-41-32/h5-18,20,24-25,30-31,35,38H,19,21H2,1-4H3,(H,36,39)(H,37,40)/t24-,25?,30+,31-/m1/s1.